The number of nitrogens with one attached hydrogen (secondary N) is 1. The number of hydrogen-bond donors (Lipinski definition) is 2. The van der Waals surface area contributed by atoms with Gasteiger partial charge in [0.05, 0.1) is 6.54 Å². The fourth-order valence-corrected chi connectivity index (χ4v) is 1.41. The molecule has 7 nitrogen and oxygen atoms in total. The number of carbonyl (C=O) groups is 1. The van der Waals surface area contributed by atoms with E-state index in [1.54, 1.807) is 0 Å². The molecule has 1 fully saturated rings. The van der Waals surface area contributed by atoms with E-state index in [-0.39, 0.29) is 12.5 Å². The van der Waals surface area contributed by atoms with Crippen molar-refractivity contribution < 1.29 is 9.21 Å². The van der Waals surface area contributed by atoms with Gasteiger partial charge in [-0.25, -0.2) is 0 Å². The SMILES string of the molecule is NCc1nnc(N2CCNC(=O)CC2)o1. The molecule has 2 rings (SSSR count). The van der Waals surface area contributed by atoms with Crippen molar-refractivity contribution in [3.05, 3.63) is 5.89 Å². The molecule has 1 aromatic heterocycles. The third kappa shape index (κ3) is 2.24. The van der Waals surface area contributed by atoms with Crippen molar-refractivity contribution in [3.63, 3.8) is 0 Å². The number of nitrogens with two attached hydrogens (primary N) is 1. The first-order valence-electron chi connectivity index (χ1n) is 4.83. The molecular weight excluding hydrogens is 198 g/mol. The lowest BCUT2D eigenvalue weighted by Gasteiger charge is -2.15. The Labute approximate surface area is 86.6 Å². The van der Waals surface area contributed by atoms with E-state index in [1.807, 2.05) is 4.90 Å². The van der Waals surface area contributed by atoms with Crippen LogP contribution in [0.15, 0.2) is 4.42 Å². The molecule has 0 bridgehead atoms. The van der Waals surface area contributed by atoms with E-state index < -0.39 is 0 Å². The Morgan fingerprint density at radius 1 is 1.47 bits per heavy atom. The molecule has 3 N–H and O–H groups in total. The highest BCUT2D eigenvalue weighted by Gasteiger charge is 2.18. The maximum absolute atomic E-state index is 11.1. The van der Waals surface area contributed by atoms with Crippen molar-refractivity contribution in [2.75, 3.05) is 24.5 Å². The van der Waals surface area contributed by atoms with Crippen LogP contribution in [0.1, 0.15) is 12.3 Å². The summed E-state index contributed by atoms with van der Waals surface area (Å²) in [6, 6.07) is 0.437. The molecule has 0 aromatic carbocycles. The maximum atomic E-state index is 11.1. The first-order valence-corrected chi connectivity index (χ1v) is 4.83. The number of carbonyl (C=O) groups excluding carboxylic acids is 1. The number of aromatic nitrogens is 2. The standard InChI is InChI=1S/C8H13N5O2/c9-5-7-11-12-8(15-7)13-3-1-6(14)10-2-4-13/h1-5,9H2,(H,10,14). The summed E-state index contributed by atoms with van der Waals surface area (Å²) in [5, 5.41) is 10.4. The van der Waals surface area contributed by atoms with Gasteiger partial charge in [0.25, 0.3) is 0 Å². The van der Waals surface area contributed by atoms with Gasteiger partial charge in [-0.2, -0.15) is 0 Å². The summed E-state index contributed by atoms with van der Waals surface area (Å²) in [5.41, 5.74) is 5.36. The Kier molecular flexibility index (Phi) is 2.82. The molecule has 1 aromatic rings. The summed E-state index contributed by atoms with van der Waals surface area (Å²) in [6.45, 7) is 2.10. The van der Waals surface area contributed by atoms with Gasteiger partial charge in [-0.1, -0.05) is 5.10 Å². The summed E-state index contributed by atoms with van der Waals surface area (Å²) in [7, 11) is 0. The van der Waals surface area contributed by atoms with Gasteiger partial charge in [0, 0.05) is 26.1 Å². The minimum Gasteiger partial charge on any atom is -0.407 e. The summed E-state index contributed by atoms with van der Waals surface area (Å²) in [4.78, 5) is 13.0. The maximum Gasteiger partial charge on any atom is 0.318 e. The van der Waals surface area contributed by atoms with Crippen LogP contribution in [0.2, 0.25) is 0 Å². The molecule has 2 heterocycles. The van der Waals surface area contributed by atoms with Crippen molar-refractivity contribution in [2.45, 2.75) is 13.0 Å². The Balaban J connectivity index is 2.06. The van der Waals surface area contributed by atoms with Crippen molar-refractivity contribution in [1.82, 2.24) is 15.5 Å². The van der Waals surface area contributed by atoms with Crippen LogP contribution in [-0.2, 0) is 11.3 Å². The predicted molar refractivity (Wildman–Crippen MR) is 52.0 cm³/mol. The van der Waals surface area contributed by atoms with Crippen LogP contribution in [0.4, 0.5) is 6.01 Å². The first-order chi connectivity index (χ1) is 7.29. The van der Waals surface area contributed by atoms with E-state index in [2.05, 4.69) is 15.5 Å². The van der Waals surface area contributed by atoms with Crippen molar-refractivity contribution in [3.8, 4) is 0 Å². The highest BCUT2D eigenvalue weighted by Crippen LogP contribution is 2.12. The molecule has 1 amide bonds. The summed E-state index contributed by atoms with van der Waals surface area (Å²) in [5.74, 6) is 0.463. The lowest BCUT2D eigenvalue weighted by atomic mass is 10.4. The molecule has 1 saturated heterocycles. The van der Waals surface area contributed by atoms with E-state index in [4.69, 9.17) is 10.2 Å². The highest BCUT2D eigenvalue weighted by molar-refractivity contribution is 5.76. The molecule has 0 unspecified atom stereocenters. The van der Waals surface area contributed by atoms with E-state index in [0.717, 1.165) is 0 Å². The van der Waals surface area contributed by atoms with Gasteiger partial charge >= 0.3 is 6.01 Å². The third-order valence-corrected chi connectivity index (χ3v) is 2.21. The second-order valence-corrected chi connectivity index (χ2v) is 3.27. The molecule has 0 spiro atoms. The van der Waals surface area contributed by atoms with E-state index in [0.29, 0.717) is 38.0 Å². The van der Waals surface area contributed by atoms with Gasteiger partial charge in [-0.15, -0.1) is 5.10 Å². The second-order valence-electron chi connectivity index (χ2n) is 3.27. The fraction of sp³-hybridized carbons (Fsp3) is 0.625. The minimum absolute atomic E-state index is 0.0519. The summed E-state index contributed by atoms with van der Waals surface area (Å²) in [6.07, 6.45) is 0.445. The zero-order chi connectivity index (χ0) is 10.7. The molecule has 7 heteroatoms. The largest absolute Gasteiger partial charge is 0.407 e. The van der Waals surface area contributed by atoms with Crippen LogP contribution in [0.3, 0.4) is 0 Å². The molecule has 82 valence electrons. The molecule has 0 aliphatic carbocycles. The zero-order valence-electron chi connectivity index (χ0n) is 8.27. The summed E-state index contributed by atoms with van der Waals surface area (Å²) >= 11 is 0. The normalized spacial score (nSPS) is 17.4. The minimum atomic E-state index is 0.0519. The fourth-order valence-electron chi connectivity index (χ4n) is 1.41. The molecule has 1 aliphatic rings. The van der Waals surface area contributed by atoms with E-state index in [1.165, 1.54) is 0 Å². The summed E-state index contributed by atoms with van der Waals surface area (Å²) < 4.78 is 5.30. The molecule has 0 radical (unpaired) electrons. The smallest absolute Gasteiger partial charge is 0.318 e. The van der Waals surface area contributed by atoms with E-state index in [9.17, 15) is 4.79 Å². The topological polar surface area (TPSA) is 97.3 Å². The van der Waals surface area contributed by atoms with Crippen molar-refractivity contribution >= 4 is 11.9 Å². The van der Waals surface area contributed by atoms with Gasteiger partial charge in [0.15, 0.2) is 0 Å². The Morgan fingerprint density at radius 2 is 2.33 bits per heavy atom. The molecule has 0 saturated carbocycles. The van der Waals surface area contributed by atoms with Gasteiger partial charge in [0.2, 0.25) is 11.8 Å². The molecular formula is C8H13N5O2. The van der Waals surface area contributed by atoms with Crippen LogP contribution in [0.25, 0.3) is 0 Å². The Bertz CT molecular complexity index is 351. The monoisotopic (exact) mass is 211 g/mol. The van der Waals surface area contributed by atoms with Crippen LogP contribution in [-0.4, -0.2) is 35.7 Å². The molecule has 0 atom stereocenters. The number of anilines is 1. The van der Waals surface area contributed by atoms with Crippen LogP contribution >= 0.6 is 0 Å². The van der Waals surface area contributed by atoms with Crippen LogP contribution < -0.4 is 16.0 Å². The lowest BCUT2D eigenvalue weighted by molar-refractivity contribution is -0.120. The number of nitrogens with zero attached hydrogens (tertiary/aromatic N) is 3. The van der Waals surface area contributed by atoms with Gasteiger partial charge in [0.1, 0.15) is 0 Å². The Hall–Kier alpha value is -1.63. The van der Waals surface area contributed by atoms with Gasteiger partial charge < -0.3 is 20.4 Å². The molecule has 15 heavy (non-hydrogen) atoms. The van der Waals surface area contributed by atoms with Crippen LogP contribution in [0, 0.1) is 0 Å². The number of hydrogen-bond acceptors (Lipinski definition) is 6. The Morgan fingerprint density at radius 3 is 3.07 bits per heavy atom. The molecule has 1 aliphatic heterocycles. The van der Waals surface area contributed by atoms with E-state index >= 15 is 0 Å². The van der Waals surface area contributed by atoms with Crippen LogP contribution in [0.5, 0.6) is 0 Å². The second kappa shape index (κ2) is 4.26. The lowest BCUT2D eigenvalue weighted by Crippen LogP contribution is -2.28. The first kappa shape index (κ1) is 9.91. The number of rotatable bonds is 2. The zero-order valence-corrected chi connectivity index (χ0v) is 8.27. The highest BCUT2D eigenvalue weighted by atomic mass is 16.4. The quantitative estimate of drug-likeness (QED) is 0.641. The van der Waals surface area contributed by atoms with Gasteiger partial charge in [-0.05, 0) is 0 Å². The van der Waals surface area contributed by atoms with Crippen molar-refractivity contribution in [1.29, 1.82) is 0 Å². The average molecular weight is 211 g/mol. The van der Waals surface area contributed by atoms with Gasteiger partial charge in [-0.3, -0.25) is 4.79 Å². The van der Waals surface area contributed by atoms with Crippen molar-refractivity contribution in [2.24, 2.45) is 5.73 Å². The average Bonchev–Trinajstić information content (AvgIpc) is 2.62. The predicted octanol–water partition coefficient (Wildman–Crippen LogP) is -1.15. The number of amides is 1. The third-order valence-electron chi connectivity index (χ3n) is 2.21.